The van der Waals surface area contributed by atoms with E-state index in [0.717, 1.165) is 30.0 Å². The Balaban J connectivity index is 1.29. The molecule has 5 nitrogen and oxygen atoms in total. The number of H-pyrrole nitrogens is 1. The van der Waals surface area contributed by atoms with Gasteiger partial charge >= 0.3 is 0 Å². The molecule has 0 spiro atoms. The number of benzene rings is 1. The van der Waals surface area contributed by atoms with Crippen LogP contribution in [-0.2, 0) is 0 Å². The van der Waals surface area contributed by atoms with Gasteiger partial charge in [0, 0.05) is 24.6 Å². The van der Waals surface area contributed by atoms with Crippen molar-refractivity contribution in [1.29, 1.82) is 0 Å². The number of carbonyl (C=O) groups excluding carboxylic acids is 1. The number of quaternary nitrogens is 1. The summed E-state index contributed by atoms with van der Waals surface area (Å²) in [6.07, 6.45) is 11.0. The van der Waals surface area contributed by atoms with Crippen LogP contribution in [0.1, 0.15) is 68.3 Å². The van der Waals surface area contributed by atoms with E-state index in [-0.39, 0.29) is 5.91 Å². The van der Waals surface area contributed by atoms with Crippen molar-refractivity contribution >= 4 is 16.9 Å². The third kappa shape index (κ3) is 4.34. The highest BCUT2D eigenvalue weighted by atomic mass is 16.1. The summed E-state index contributed by atoms with van der Waals surface area (Å²) in [5, 5.41) is 3.10. The predicted octanol–water partition coefficient (Wildman–Crippen LogP) is 2.01. The first-order chi connectivity index (χ1) is 13.2. The van der Waals surface area contributed by atoms with E-state index in [4.69, 9.17) is 0 Å². The second-order valence-corrected chi connectivity index (χ2v) is 8.64. The van der Waals surface area contributed by atoms with Gasteiger partial charge in [0.2, 0.25) is 6.33 Å². The Morgan fingerprint density at radius 1 is 1.22 bits per heavy atom. The summed E-state index contributed by atoms with van der Waals surface area (Å²) in [5.74, 6) is 0.935. The maximum atomic E-state index is 12.5. The molecule has 1 aliphatic carbocycles. The number of imidazole rings is 1. The van der Waals surface area contributed by atoms with Crippen LogP contribution in [0.15, 0.2) is 24.5 Å². The highest BCUT2D eigenvalue weighted by molar-refractivity contribution is 5.96. The van der Waals surface area contributed by atoms with Crippen LogP contribution in [0.4, 0.5) is 0 Å². The largest absolute Gasteiger partial charge is 0.352 e. The van der Waals surface area contributed by atoms with Crippen molar-refractivity contribution < 1.29 is 14.3 Å². The number of nitrogens with zero attached hydrogens (tertiary/aromatic N) is 1. The maximum absolute atomic E-state index is 12.5. The Hall–Kier alpha value is -1.88. The van der Waals surface area contributed by atoms with E-state index >= 15 is 0 Å². The number of rotatable bonds is 6. The van der Waals surface area contributed by atoms with Crippen LogP contribution in [0.3, 0.4) is 0 Å². The second kappa shape index (κ2) is 8.42. The minimum Gasteiger partial charge on any atom is -0.352 e. The number of fused-ring (bicyclic) bond motifs is 1. The molecule has 2 aliphatic rings. The van der Waals surface area contributed by atoms with Gasteiger partial charge in [0.05, 0.1) is 19.6 Å². The quantitative estimate of drug-likeness (QED) is 0.529. The first kappa shape index (κ1) is 18.5. The molecule has 1 saturated carbocycles. The Labute approximate surface area is 162 Å². The van der Waals surface area contributed by atoms with Crippen LogP contribution in [-0.4, -0.2) is 37.1 Å². The number of piperidine rings is 1. The van der Waals surface area contributed by atoms with Crippen LogP contribution in [0.5, 0.6) is 0 Å². The summed E-state index contributed by atoms with van der Waals surface area (Å²) < 4.78 is 2.35. The van der Waals surface area contributed by atoms with Gasteiger partial charge in [0.25, 0.3) is 5.91 Å². The van der Waals surface area contributed by atoms with E-state index < -0.39 is 0 Å². The molecule has 27 heavy (non-hydrogen) atoms. The van der Waals surface area contributed by atoms with Crippen molar-refractivity contribution in [2.75, 3.05) is 26.2 Å². The van der Waals surface area contributed by atoms with Gasteiger partial charge in [-0.2, -0.15) is 0 Å². The zero-order valence-electron chi connectivity index (χ0n) is 16.6. The number of hydrogen-bond donors (Lipinski definition) is 3. The normalized spacial score (nSPS) is 23.7. The third-order valence-electron chi connectivity index (χ3n) is 6.59. The summed E-state index contributed by atoms with van der Waals surface area (Å²) >= 11 is 0. The zero-order valence-corrected chi connectivity index (χ0v) is 16.6. The molecule has 5 heteroatoms. The van der Waals surface area contributed by atoms with Crippen molar-refractivity contribution in [2.24, 2.45) is 5.92 Å². The summed E-state index contributed by atoms with van der Waals surface area (Å²) in [4.78, 5) is 17.6. The van der Waals surface area contributed by atoms with Gasteiger partial charge in [0.1, 0.15) is 6.04 Å². The number of nitrogens with one attached hydrogen (secondary N) is 3. The Morgan fingerprint density at radius 2 is 2.00 bits per heavy atom. The van der Waals surface area contributed by atoms with E-state index in [1.807, 2.05) is 12.1 Å². The second-order valence-electron chi connectivity index (χ2n) is 8.64. The fraction of sp³-hybridized carbons (Fsp3) is 0.636. The lowest BCUT2D eigenvalue weighted by atomic mass is 9.99. The van der Waals surface area contributed by atoms with Gasteiger partial charge in [-0.15, -0.1) is 0 Å². The molecule has 1 aromatic heterocycles. The van der Waals surface area contributed by atoms with E-state index in [9.17, 15) is 4.79 Å². The molecular formula is C22H34N4O+2. The molecule has 0 bridgehead atoms. The summed E-state index contributed by atoms with van der Waals surface area (Å²) in [7, 11) is 0. The smallest absolute Gasteiger partial charge is 0.251 e. The van der Waals surface area contributed by atoms with Crippen molar-refractivity contribution in [1.82, 2.24) is 10.3 Å². The van der Waals surface area contributed by atoms with Crippen molar-refractivity contribution in [3.8, 4) is 0 Å². The molecule has 0 atom stereocenters. The summed E-state index contributed by atoms with van der Waals surface area (Å²) in [6.45, 7) is 6.87. The summed E-state index contributed by atoms with van der Waals surface area (Å²) in [6, 6.07) is 6.67. The standard InChI is InChI=1S/C22H32N4O/c1-17-9-13-25(14-10-17)12-4-11-23-22(27)18-7-8-21-20(15-18)24-16-26(21)19-5-2-3-6-19/h7-8,15-17,19H,2-6,9-14H2,1H3,(H,23,27)/p+2. The van der Waals surface area contributed by atoms with Gasteiger partial charge in [0.15, 0.2) is 11.0 Å². The van der Waals surface area contributed by atoms with Crippen molar-refractivity contribution in [3.05, 3.63) is 30.1 Å². The van der Waals surface area contributed by atoms with Gasteiger partial charge in [-0.05, 0) is 56.6 Å². The molecule has 146 valence electrons. The molecule has 2 fully saturated rings. The average molecular weight is 371 g/mol. The highest BCUT2D eigenvalue weighted by Gasteiger charge is 2.24. The fourth-order valence-electron chi connectivity index (χ4n) is 4.77. The number of hydrogen-bond acceptors (Lipinski definition) is 1. The third-order valence-corrected chi connectivity index (χ3v) is 6.59. The first-order valence-corrected chi connectivity index (χ1v) is 10.8. The lowest BCUT2D eigenvalue weighted by molar-refractivity contribution is -0.906. The lowest BCUT2D eigenvalue weighted by Gasteiger charge is -2.27. The predicted molar refractivity (Wildman–Crippen MR) is 107 cm³/mol. The van der Waals surface area contributed by atoms with Crippen LogP contribution < -0.4 is 14.8 Å². The number of aromatic nitrogens is 2. The number of amides is 1. The first-order valence-electron chi connectivity index (χ1n) is 10.8. The van der Waals surface area contributed by atoms with Crippen LogP contribution in [0.2, 0.25) is 0 Å². The lowest BCUT2D eigenvalue weighted by Crippen LogP contribution is -3.13. The molecular weight excluding hydrogens is 336 g/mol. The van der Waals surface area contributed by atoms with Gasteiger partial charge in [-0.3, -0.25) is 4.79 Å². The van der Waals surface area contributed by atoms with Gasteiger partial charge in [-0.25, -0.2) is 9.55 Å². The van der Waals surface area contributed by atoms with Crippen LogP contribution in [0, 0.1) is 5.92 Å². The molecule has 1 aromatic carbocycles. The molecule has 1 amide bonds. The number of carbonyl (C=O) groups is 1. The van der Waals surface area contributed by atoms with Gasteiger partial charge in [-0.1, -0.05) is 6.92 Å². The Bertz CT molecular complexity index is 770. The highest BCUT2D eigenvalue weighted by Crippen LogP contribution is 2.26. The van der Waals surface area contributed by atoms with E-state index in [0.29, 0.717) is 6.04 Å². The zero-order chi connectivity index (χ0) is 18.6. The monoisotopic (exact) mass is 370 g/mol. The summed E-state index contributed by atoms with van der Waals surface area (Å²) in [5.41, 5.74) is 3.02. The van der Waals surface area contributed by atoms with E-state index in [1.165, 1.54) is 63.7 Å². The number of aromatic amines is 1. The Morgan fingerprint density at radius 3 is 2.78 bits per heavy atom. The van der Waals surface area contributed by atoms with Crippen molar-refractivity contribution in [3.63, 3.8) is 0 Å². The Kier molecular flexibility index (Phi) is 5.77. The minimum absolute atomic E-state index is 0.0428. The SMILES string of the molecule is CC1CC[NH+](CCCNC(=O)c2ccc3c(c2)[nH]c[n+]3C2CCCC2)CC1. The molecule has 1 aliphatic heterocycles. The molecule has 2 aromatic rings. The molecule has 0 unspecified atom stereocenters. The molecule has 3 N–H and O–H groups in total. The molecule has 4 rings (SSSR count). The van der Waals surface area contributed by atoms with Crippen LogP contribution in [0.25, 0.3) is 11.0 Å². The molecule has 0 radical (unpaired) electrons. The van der Waals surface area contributed by atoms with Crippen molar-refractivity contribution in [2.45, 2.75) is 57.9 Å². The minimum atomic E-state index is 0.0428. The van der Waals surface area contributed by atoms with E-state index in [1.54, 1.807) is 4.90 Å². The number of likely N-dealkylation sites (tertiary alicyclic amines) is 1. The topological polar surface area (TPSA) is 53.2 Å². The average Bonchev–Trinajstić information content (AvgIpc) is 3.35. The van der Waals surface area contributed by atoms with Gasteiger partial charge < -0.3 is 10.2 Å². The maximum Gasteiger partial charge on any atom is 0.251 e. The fourth-order valence-corrected chi connectivity index (χ4v) is 4.77. The molecule has 2 heterocycles. The van der Waals surface area contributed by atoms with E-state index in [2.05, 4.69) is 34.2 Å². The molecule has 1 saturated heterocycles. The van der Waals surface area contributed by atoms with Crippen LogP contribution >= 0.6 is 0 Å².